The van der Waals surface area contributed by atoms with E-state index >= 15 is 0 Å². The van der Waals surface area contributed by atoms with Crippen LogP contribution >= 0.6 is 0 Å². The minimum absolute atomic E-state index is 0.699. The first kappa shape index (κ1) is 11.2. The lowest BCUT2D eigenvalue weighted by Crippen LogP contribution is -2.25. The van der Waals surface area contributed by atoms with E-state index in [9.17, 15) is 0 Å². The number of hydrogen-bond donors (Lipinski definition) is 0. The Balaban J connectivity index is 2.62. The Labute approximate surface area is 86.5 Å². The van der Waals surface area contributed by atoms with Gasteiger partial charge in [0.2, 0.25) is 0 Å². The minimum atomic E-state index is 0.699. The fourth-order valence-corrected chi connectivity index (χ4v) is 1.46. The van der Waals surface area contributed by atoms with E-state index in [0.717, 1.165) is 13.1 Å². The number of ether oxygens (including phenoxy) is 1. The maximum Gasteiger partial charge on any atom is 0.0989 e. The third-order valence-electron chi connectivity index (χ3n) is 2.41. The highest BCUT2D eigenvalue weighted by Crippen LogP contribution is 2.09. The second-order valence-electron chi connectivity index (χ2n) is 3.49. The quantitative estimate of drug-likeness (QED) is 0.666. The summed E-state index contributed by atoms with van der Waals surface area (Å²) in [5, 5.41) is 0. The van der Waals surface area contributed by atoms with E-state index in [0.29, 0.717) is 6.73 Å². The number of nitrogens with zero attached hydrogens (tertiary/aromatic N) is 1. The Bertz CT molecular complexity index is 273. The molecule has 0 aliphatic heterocycles. The van der Waals surface area contributed by atoms with Gasteiger partial charge in [0.1, 0.15) is 0 Å². The van der Waals surface area contributed by atoms with Gasteiger partial charge in [-0.25, -0.2) is 0 Å². The molecule has 0 bridgehead atoms. The average molecular weight is 193 g/mol. The fraction of sp³-hybridized carbons (Fsp3) is 0.500. The highest BCUT2D eigenvalue weighted by Gasteiger charge is 2.04. The summed E-state index contributed by atoms with van der Waals surface area (Å²) < 4.78 is 5.13. The SMILES string of the molecule is CCN(COC)Cc1ccccc1C. The molecule has 0 aliphatic rings. The van der Waals surface area contributed by atoms with Gasteiger partial charge < -0.3 is 4.74 Å². The van der Waals surface area contributed by atoms with Gasteiger partial charge in [-0.3, -0.25) is 4.90 Å². The van der Waals surface area contributed by atoms with Crippen LogP contribution in [0.3, 0.4) is 0 Å². The van der Waals surface area contributed by atoms with E-state index in [4.69, 9.17) is 4.74 Å². The van der Waals surface area contributed by atoms with E-state index in [-0.39, 0.29) is 0 Å². The van der Waals surface area contributed by atoms with Gasteiger partial charge in [0.05, 0.1) is 6.73 Å². The molecule has 78 valence electrons. The van der Waals surface area contributed by atoms with E-state index < -0.39 is 0 Å². The molecule has 0 fully saturated rings. The van der Waals surface area contributed by atoms with Crippen molar-refractivity contribution in [3.63, 3.8) is 0 Å². The standard InChI is InChI=1S/C12H19NO/c1-4-13(10-14-3)9-12-8-6-5-7-11(12)2/h5-8H,4,9-10H2,1-3H3. The second-order valence-corrected chi connectivity index (χ2v) is 3.49. The van der Waals surface area contributed by atoms with Gasteiger partial charge in [0.15, 0.2) is 0 Å². The minimum Gasteiger partial charge on any atom is -0.369 e. The Kier molecular flexibility index (Phi) is 4.63. The summed E-state index contributed by atoms with van der Waals surface area (Å²) in [6.45, 7) is 6.98. The molecule has 0 heterocycles. The summed E-state index contributed by atoms with van der Waals surface area (Å²) in [5.41, 5.74) is 2.73. The number of aryl methyl sites for hydroxylation is 1. The van der Waals surface area contributed by atoms with Crippen molar-refractivity contribution in [2.45, 2.75) is 20.4 Å². The highest BCUT2D eigenvalue weighted by molar-refractivity contribution is 5.25. The van der Waals surface area contributed by atoms with Crippen LogP contribution in [-0.4, -0.2) is 25.3 Å². The zero-order valence-electron chi connectivity index (χ0n) is 9.29. The second kappa shape index (κ2) is 5.78. The third kappa shape index (κ3) is 3.13. The summed E-state index contributed by atoms with van der Waals surface area (Å²) in [6.07, 6.45) is 0. The topological polar surface area (TPSA) is 12.5 Å². The molecule has 2 heteroatoms. The van der Waals surface area contributed by atoms with Gasteiger partial charge in [-0.15, -0.1) is 0 Å². The molecule has 0 N–H and O–H groups in total. The molecule has 0 aliphatic carbocycles. The fourth-order valence-electron chi connectivity index (χ4n) is 1.46. The van der Waals surface area contributed by atoms with E-state index in [2.05, 4.69) is 43.0 Å². The molecule has 1 aromatic rings. The summed E-state index contributed by atoms with van der Waals surface area (Å²) in [6, 6.07) is 8.48. The van der Waals surface area contributed by atoms with Crippen LogP contribution in [-0.2, 0) is 11.3 Å². The lowest BCUT2D eigenvalue weighted by molar-refractivity contribution is 0.0617. The van der Waals surface area contributed by atoms with Crippen LogP contribution < -0.4 is 0 Å². The Morgan fingerprint density at radius 3 is 2.57 bits per heavy atom. The maximum absolute atomic E-state index is 5.13. The predicted octanol–water partition coefficient (Wildman–Crippen LogP) is 2.42. The van der Waals surface area contributed by atoms with Crippen LogP contribution in [0, 0.1) is 6.92 Å². The number of benzene rings is 1. The average Bonchev–Trinajstić information content (AvgIpc) is 2.20. The molecule has 14 heavy (non-hydrogen) atoms. The molecular formula is C12H19NO. The van der Waals surface area contributed by atoms with Crippen LogP contribution in [0.25, 0.3) is 0 Å². The summed E-state index contributed by atoms with van der Waals surface area (Å²) in [7, 11) is 1.74. The molecule has 1 aromatic carbocycles. The summed E-state index contributed by atoms with van der Waals surface area (Å²) in [4.78, 5) is 2.27. The summed E-state index contributed by atoms with van der Waals surface area (Å²) in [5.74, 6) is 0. The lowest BCUT2D eigenvalue weighted by atomic mass is 10.1. The Morgan fingerprint density at radius 2 is 2.00 bits per heavy atom. The maximum atomic E-state index is 5.13. The normalized spacial score (nSPS) is 10.9. The number of hydrogen-bond acceptors (Lipinski definition) is 2. The first-order valence-corrected chi connectivity index (χ1v) is 5.03. The first-order chi connectivity index (χ1) is 6.77. The number of methoxy groups -OCH3 is 1. The molecule has 0 aromatic heterocycles. The zero-order valence-corrected chi connectivity index (χ0v) is 9.29. The van der Waals surface area contributed by atoms with Crippen molar-refractivity contribution in [3.05, 3.63) is 35.4 Å². The van der Waals surface area contributed by atoms with Crippen molar-refractivity contribution in [2.75, 3.05) is 20.4 Å². The molecule has 2 nitrogen and oxygen atoms in total. The van der Waals surface area contributed by atoms with Crippen LogP contribution in [0.4, 0.5) is 0 Å². The molecular weight excluding hydrogens is 174 g/mol. The summed E-state index contributed by atoms with van der Waals surface area (Å²) >= 11 is 0. The predicted molar refractivity (Wildman–Crippen MR) is 59.1 cm³/mol. The Morgan fingerprint density at radius 1 is 1.29 bits per heavy atom. The largest absolute Gasteiger partial charge is 0.369 e. The van der Waals surface area contributed by atoms with Crippen LogP contribution in [0.15, 0.2) is 24.3 Å². The van der Waals surface area contributed by atoms with Crippen molar-refractivity contribution >= 4 is 0 Å². The lowest BCUT2D eigenvalue weighted by Gasteiger charge is -2.20. The van der Waals surface area contributed by atoms with Gasteiger partial charge in [0.25, 0.3) is 0 Å². The van der Waals surface area contributed by atoms with Crippen molar-refractivity contribution in [1.82, 2.24) is 4.90 Å². The molecule has 0 radical (unpaired) electrons. The monoisotopic (exact) mass is 193 g/mol. The van der Waals surface area contributed by atoms with E-state index in [1.807, 2.05) is 0 Å². The molecule has 0 spiro atoms. The van der Waals surface area contributed by atoms with Crippen molar-refractivity contribution in [3.8, 4) is 0 Å². The van der Waals surface area contributed by atoms with Crippen molar-refractivity contribution < 1.29 is 4.74 Å². The van der Waals surface area contributed by atoms with Gasteiger partial charge in [0, 0.05) is 13.7 Å². The zero-order chi connectivity index (χ0) is 10.4. The third-order valence-corrected chi connectivity index (χ3v) is 2.41. The van der Waals surface area contributed by atoms with E-state index in [1.165, 1.54) is 11.1 Å². The van der Waals surface area contributed by atoms with Crippen LogP contribution in [0.1, 0.15) is 18.1 Å². The number of rotatable bonds is 5. The Hall–Kier alpha value is -0.860. The highest BCUT2D eigenvalue weighted by atomic mass is 16.5. The van der Waals surface area contributed by atoms with Crippen molar-refractivity contribution in [1.29, 1.82) is 0 Å². The van der Waals surface area contributed by atoms with E-state index in [1.54, 1.807) is 7.11 Å². The molecule has 0 saturated heterocycles. The first-order valence-electron chi connectivity index (χ1n) is 5.03. The van der Waals surface area contributed by atoms with Crippen LogP contribution in [0.2, 0.25) is 0 Å². The molecule has 0 saturated carbocycles. The molecule has 0 atom stereocenters. The van der Waals surface area contributed by atoms with Gasteiger partial charge in [-0.1, -0.05) is 31.2 Å². The smallest absolute Gasteiger partial charge is 0.0989 e. The molecule has 1 rings (SSSR count). The van der Waals surface area contributed by atoms with Crippen LogP contribution in [0.5, 0.6) is 0 Å². The molecule has 0 amide bonds. The van der Waals surface area contributed by atoms with Gasteiger partial charge >= 0.3 is 0 Å². The van der Waals surface area contributed by atoms with Gasteiger partial charge in [-0.2, -0.15) is 0 Å². The molecule has 0 unspecified atom stereocenters. The van der Waals surface area contributed by atoms with Crippen molar-refractivity contribution in [2.24, 2.45) is 0 Å². The van der Waals surface area contributed by atoms with Gasteiger partial charge in [-0.05, 0) is 24.6 Å².